The summed E-state index contributed by atoms with van der Waals surface area (Å²) in [6, 6.07) is 6.84. The molecule has 0 aliphatic rings. The fraction of sp³-hybridized carbons (Fsp3) is 0.167. The van der Waals surface area contributed by atoms with Gasteiger partial charge in [-0.3, -0.25) is 4.98 Å². The van der Waals surface area contributed by atoms with E-state index in [0.717, 1.165) is 0 Å². The van der Waals surface area contributed by atoms with Crippen molar-refractivity contribution in [3.63, 3.8) is 0 Å². The summed E-state index contributed by atoms with van der Waals surface area (Å²) < 4.78 is 24.9. The Hall–Kier alpha value is -1.89. The lowest BCUT2D eigenvalue weighted by molar-refractivity contribution is 0.252. The standard InChI is InChI=1S/C12H12F2N4S/c1-15-10-6-16-7-11(18-10)17-8-4-2-3-5-9(8)19-12(13)14/h2-7,12H,1H3,(H2,15,17,18). The van der Waals surface area contributed by atoms with E-state index in [-0.39, 0.29) is 0 Å². The van der Waals surface area contributed by atoms with Crippen molar-refractivity contribution in [1.82, 2.24) is 9.97 Å². The zero-order valence-corrected chi connectivity index (χ0v) is 10.9. The summed E-state index contributed by atoms with van der Waals surface area (Å²) in [6.07, 6.45) is 3.11. The summed E-state index contributed by atoms with van der Waals surface area (Å²) in [7, 11) is 1.73. The van der Waals surface area contributed by atoms with Gasteiger partial charge < -0.3 is 10.6 Å². The van der Waals surface area contributed by atoms with Gasteiger partial charge >= 0.3 is 0 Å². The number of hydrogen-bond acceptors (Lipinski definition) is 5. The van der Waals surface area contributed by atoms with E-state index in [1.165, 1.54) is 6.20 Å². The zero-order valence-electron chi connectivity index (χ0n) is 10.1. The van der Waals surface area contributed by atoms with E-state index in [2.05, 4.69) is 20.6 Å². The smallest absolute Gasteiger partial charge is 0.288 e. The molecule has 7 heteroatoms. The van der Waals surface area contributed by atoms with E-state index in [1.54, 1.807) is 37.5 Å². The van der Waals surface area contributed by atoms with Crippen LogP contribution >= 0.6 is 11.8 Å². The Morgan fingerprint density at radius 2 is 1.89 bits per heavy atom. The molecule has 2 aromatic rings. The van der Waals surface area contributed by atoms with Gasteiger partial charge in [-0.2, -0.15) is 8.78 Å². The van der Waals surface area contributed by atoms with Crippen LogP contribution in [0.2, 0.25) is 0 Å². The molecule has 2 rings (SSSR count). The van der Waals surface area contributed by atoms with Gasteiger partial charge in [0.15, 0.2) is 5.82 Å². The fourth-order valence-electron chi connectivity index (χ4n) is 1.45. The van der Waals surface area contributed by atoms with E-state index in [4.69, 9.17) is 0 Å². The highest BCUT2D eigenvalue weighted by atomic mass is 32.2. The highest BCUT2D eigenvalue weighted by Crippen LogP contribution is 2.32. The highest BCUT2D eigenvalue weighted by molar-refractivity contribution is 7.99. The molecule has 0 saturated heterocycles. The third kappa shape index (κ3) is 3.78. The van der Waals surface area contributed by atoms with Crippen LogP contribution in [0, 0.1) is 0 Å². The van der Waals surface area contributed by atoms with Gasteiger partial charge in [0.25, 0.3) is 5.76 Å². The summed E-state index contributed by atoms with van der Waals surface area (Å²) >= 11 is 0.495. The molecule has 0 amide bonds. The summed E-state index contributed by atoms with van der Waals surface area (Å²) in [6.45, 7) is 0. The monoisotopic (exact) mass is 282 g/mol. The van der Waals surface area contributed by atoms with Crippen LogP contribution in [0.25, 0.3) is 0 Å². The first-order chi connectivity index (χ1) is 9.19. The second kappa shape index (κ2) is 6.33. The molecule has 0 aliphatic heterocycles. The number of alkyl halides is 2. The van der Waals surface area contributed by atoms with E-state index < -0.39 is 5.76 Å². The minimum Gasteiger partial charge on any atom is -0.372 e. The average molecular weight is 282 g/mol. The number of anilines is 3. The number of rotatable bonds is 5. The van der Waals surface area contributed by atoms with E-state index in [0.29, 0.717) is 34.0 Å². The molecule has 100 valence electrons. The predicted molar refractivity (Wildman–Crippen MR) is 73.2 cm³/mol. The van der Waals surface area contributed by atoms with Gasteiger partial charge in [0.2, 0.25) is 0 Å². The Bertz CT molecular complexity index is 551. The molecule has 19 heavy (non-hydrogen) atoms. The Balaban J connectivity index is 2.22. The molecule has 0 spiro atoms. The molecule has 0 aliphatic carbocycles. The number of para-hydroxylation sites is 1. The maximum atomic E-state index is 12.5. The minimum atomic E-state index is -2.46. The second-order valence-corrected chi connectivity index (χ2v) is 4.57. The summed E-state index contributed by atoms with van der Waals surface area (Å²) in [4.78, 5) is 8.69. The van der Waals surface area contributed by atoms with Crippen LogP contribution in [0.15, 0.2) is 41.6 Å². The molecule has 0 unspecified atom stereocenters. The van der Waals surface area contributed by atoms with Gasteiger partial charge in [0, 0.05) is 11.9 Å². The fourth-order valence-corrected chi connectivity index (χ4v) is 2.05. The minimum absolute atomic E-state index is 0.467. The molecule has 0 radical (unpaired) electrons. The molecular weight excluding hydrogens is 270 g/mol. The number of halogens is 2. The SMILES string of the molecule is CNc1cncc(Nc2ccccc2SC(F)F)n1. The molecule has 0 bridgehead atoms. The van der Waals surface area contributed by atoms with Gasteiger partial charge in [-0.1, -0.05) is 23.9 Å². The molecule has 1 aromatic heterocycles. The van der Waals surface area contributed by atoms with Crippen LogP contribution < -0.4 is 10.6 Å². The molecule has 0 fully saturated rings. The molecule has 1 aromatic carbocycles. The van der Waals surface area contributed by atoms with Crippen molar-refractivity contribution < 1.29 is 8.78 Å². The van der Waals surface area contributed by atoms with Crippen LogP contribution in [-0.2, 0) is 0 Å². The van der Waals surface area contributed by atoms with Crippen molar-refractivity contribution in [1.29, 1.82) is 0 Å². The van der Waals surface area contributed by atoms with Gasteiger partial charge in [0.05, 0.1) is 18.1 Å². The Labute approximate surface area is 113 Å². The summed E-state index contributed by atoms with van der Waals surface area (Å²) in [5.74, 6) is -1.36. The lowest BCUT2D eigenvalue weighted by Gasteiger charge is -2.11. The van der Waals surface area contributed by atoms with Gasteiger partial charge in [0.1, 0.15) is 5.82 Å². The third-order valence-electron chi connectivity index (χ3n) is 2.26. The maximum absolute atomic E-state index is 12.5. The Morgan fingerprint density at radius 1 is 1.16 bits per heavy atom. The van der Waals surface area contributed by atoms with Crippen molar-refractivity contribution in [2.24, 2.45) is 0 Å². The van der Waals surface area contributed by atoms with Gasteiger partial charge in [-0.05, 0) is 12.1 Å². The molecule has 1 heterocycles. The highest BCUT2D eigenvalue weighted by Gasteiger charge is 2.10. The normalized spacial score (nSPS) is 10.5. The first kappa shape index (κ1) is 13.5. The molecule has 0 atom stereocenters. The first-order valence-corrected chi connectivity index (χ1v) is 6.37. The van der Waals surface area contributed by atoms with Crippen LogP contribution in [0.4, 0.5) is 26.1 Å². The number of nitrogens with one attached hydrogen (secondary N) is 2. The Morgan fingerprint density at radius 3 is 2.63 bits per heavy atom. The quantitative estimate of drug-likeness (QED) is 0.821. The number of hydrogen-bond donors (Lipinski definition) is 2. The van der Waals surface area contributed by atoms with Crippen molar-refractivity contribution in [2.45, 2.75) is 10.7 Å². The van der Waals surface area contributed by atoms with Crippen molar-refractivity contribution >= 4 is 29.1 Å². The van der Waals surface area contributed by atoms with Gasteiger partial charge in [-0.15, -0.1) is 0 Å². The third-order valence-corrected chi connectivity index (χ3v) is 3.04. The van der Waals surface area contributed by atoms with Crippen LogP contribution in [-0.4, -0.2) is 22.8 Å². The van der Waals surface area contributed by atoms with Gasteiger partial charge in [-0.25, -0.2) is 4.98 Å². The van der Waals surface area contributed by atoms with Crippen molar-refractivity contribution in [2.75, 3.05) is 17.7 Å². The molecule has 2 N–H and O–H groups in total. The molecule has 0 saturated carbocycles. The number of aromatic nitrogens is 2. The zero-order chi connectivity index (χ0) is 13.7. The van der Waals surface area contributed by atoms with Crippen LogP contribution in [0.5, 0.6) is 0 Å². The topological polar surface area (TPSA) is 49.8 Å². The number of thioether (sulfide) groups is 1. The maximum Gasteiger partial charge on any atom is 0.288 e. The lowest BCUT2D eigenvalue weighted by atomic mass is 10.3. The number of nitrogens with zero attached hydrogens (tertiary/aromatic N) is 2. The van der Waals surface area contributed by atoms with Crippen LogP contribution in [0.3, 0.4) is 0 Å². The van der Waals surface area contributed by atoms with E-state index >= 15 is 0 Å². The molecule has 4 nitrogen and oxygen atoms in total. The average Bonchev–Trinajstić information content (AvgIpc) is 2.41. The number of benzene rings is 1. The van der Waals surface area contributed by atoms with Crippen LogP contribution in [0.1, 0.15) is 0 Å². The van der Waals surface area contributed by atoms with Crippen molar-refractivity contribution in [3.05, 3.63) is 36.7 Å². The first-order valence-electron chi connectivity index (χ1n) is 5.49. The van der Waals surface area contributed by atoms with Crippen molar-refractivity contribution in [3.8, 4) is 0 Å². The molecular formula is C12H12F2N4S. The second-order valence-electron chi connectivity index (χ2n) is 3.54. The summed E-state index contributed by atoms with van der Waals surface area (Å²) in [5, 5.41) is 5.85. The predicted octanol–water partition coefficient (Wildman–Crippen LogP) is 3.58. The largest absolute Gasteiger partial charge is 0.372 e. The van der Waals surface area contributed by atoms with E-state index in [1.807, 2.05) is 0 Å². The van der Waals surface area contributed by atoms with E-state index in [9.17, 15) is 8.78 Å². The Kier molecular flexibility index (Phi) is 4.51. The summed E-state index contributed by atoms with van der Waals surface area (Å²) in [5.41, 5.74) is 0.579. The lowest BCUT2D eigenvalue weighted by Crippen LogP contribution is -2.00.